The molecule has 0 unspecified atom stereocenters. The van der Waals surface area contributed by atoms with E-state index in [0.29, 0.717) is 22.4 Å². The van der Waals surface area contributed by atoms with E-state index in [1.165, 1.54) is 37.5 Å². The maximum absolute atomic E-state index is 13.1. The van der Waals surface area contributed by atoms with E-state index >= 15 is 0 Å². The smallest absolute Gasteiger partial charge is 0.343 e. The fourth-order valence-electron chi connectivity index (χ4n) is 3.13. The third-order valence-corrected chi connectivity index (χ3v) is 5.77. The van der Waals surface area contributed by atoms with E-state index in [-0.39, 0.29) is 17.2 Å². The summed E-state index contributed by atoms with van der Waals surface area (Å²) in [6, 6.07) is 18.8. The number of para-hydroxylation sites is 1. The van der Waals surface area contributed by atoms with Gasteiger partial charge in [0.05, 0.1) is 24.1 Å². The number of carbonyl (C=O) groups is 3. The van der Waals surface area contributed by atoms with Crippen molar-refractivity contribution >= 4 is 35.0 Å². The minimum Gasteiger partial charge on any atom is -0.497 e. The molecule has 0 saturated carbocycles. The lowest BCUT2D eigenvalue weighted by Gasteiger charge is -2.12. The van der Waals surface area contributed by atoms with Crippen LogP contribution in [0.4, 0.5) is 9.18 Å². The lowest BCUT2D eigenvalue weighted by Crippen LogP contribution is -2.27. The molecular formula is C25H18FNO5S. The van der Waals surface area contributed by atoms with Gasteiger partial charge in [-0.25, -0.2) is 9.18 Å². The summed E-state index contributed by atoms with van der Waals surface area (Å²) >= 11 is 0.797. The number of halogens is 1. The van der Waals surface area contributed by atoms with Gasteiger partial charge in [-0.3, -0.25) is 14.5 Å². The molecule has 2 amide bonds. The van der Waals surface area contributed by atoms with Gasteiger partial charge in [0, 0.05) is 5.56 Å². The standard InChI is InChI=1S/C25H18FNO5S/c1-31-20-12-8-17(9-13-20)24(29)32-21-5-3-2-4-18(21)14-22-23(28)27(25(30)33-22)15-16-6-10-19(26)11-7-16/h2-14H,15H2,1H3/b22-14-. The molecular weight excluding hydrogens is 445 g/mol. The molecule has 8 heteroatoms. The molecule has 0 atom stereocenters. The quantitative estimate of drug-likeness (QED) is 0.281. The number of imide groups is 1. The fraction of sp³-hybridized carbons (Fsp3) is 0.0800. The predicted octanol–water partition coefficient (Wildman–Crippen LogP) is 5.29. The van der Waals surface area contributed by atoms with E-state index in [1.54, 1.807) is 48.5 Å². The summed E-state index contributed by atoms with van der Waals surface area (Å²) in [5.74, 6) is -0.561. The van der Waals surface area contributed by atoms with E-state index < -0.39 is 22.9 Å². The second-order valence-electron chi connectivity index (χ2n) is 7.05. The molecule has 33 heavy (non-hydrogen) atoms. The molecule has 0 bridgehead atoms. The highest BCUT2D eigenvalue weighted by Crippen LogP contribution is 2.35. The van der Waals surface area contributed by atoms with E-state index in [1.807, 2.05) is 0 Å². The van der Waals surface area contributed by atoms with Crippen LogP contribution in [0.15, 0.2) is 77.7 Å². The zero-order valence-electron chi connectivity index (χ0n) is 17.5. The molecule has 1 aliphatic heterocycles. The van der Waals surface area contributed by atoms with Gasteiger partial charge in [0.2, 0.25) is 0 Å². The van der Waals surface area contributed by atoms with Crippen molar-refractivity contribution in [3.63, 3.8) is 0 Å². The molecule has 0 radical (unpaired) electrons. The summed E-state index contributed by atoms with van der Waals surface area (Å²) in [6.07, 6.45) is 1.52. The van der Waals surface area contributed by atoms with Crippen molar-refractivity contribution in [1.29, 1.82) is 0 Å². The van der Waals surface area contributed by atoms with Crippen LogP contribution < -0.4 is 9.47 Å². The number of nitrogens with zero attached hydrogens (tertiary/aromatic N) is 1. The maximum atomic E-state index is 13.1. The van der Waals surface area contributed by atoms with Crippen LogP contribution >= 0.6 is 11.8 Å². The number of methoxy groups -OCH3 is 1. The van der Waals surface area contributed by atoms with Gasteiger partial charge < -0.3 is 9.47 Å². The molecule has 0 aliphatic carbocycles. The molecule has 1 fully saturated rings. The Morgan fingerprint density at radius 3 is 2.39 bits per heavy atom. The van der Waals surface area contributed by atoms with Crippen LogP contribution in [0, 0.1) is 5.82 Å². The molecule has 0 N–H and O–H groups in total. The Morgan fingerprint density at radius 1 is 1.00 bits per heavy atom. The number of ether oxygens (including phenoxy) is 2. The third-order valence-electron chi connectivity index (χ3n) is 4.86. The summed E-state index contributed by atoms with van der Waals surface area (Å²) in [5, 5.41) is -0.428. The van der Waals surface area contributed by atoms with Crippen LogP contribution in [0.2, 0.25) is 0 Å². The Morgan fingerprint density at radius 2 is 1.70 bits per heavy atom. The number of hydrogen-bond donors (Lipinski definition) is 0. The first-order chi connectivity index (χ1) is 15.9. The maximum Gasteiger partial charge on any atom is 0.343 e. The highest BCUT2D eigenvalue weighted by molar-refractivity contribution is 8.18. The summed E-state index contributed by atoms with van der Waals surface area (Å²) in [7, 11) is 1.53. The summed E-state index contributed by atoms with van der Waals surface area (Å²) in [6.45, 7) is 0.0381. The predicted molar refractivity (Wildman–Crippen MR) is 122 cm³/mol. The average Bonchev–Trinajstić information content (AvgIpc) is 3.09. The van der Waals surface area contributed by atoms with E-state index in [9.17, 15) is 18.8 Å². The minimum atomic E-state index is -0.567. The van der Waals surface area contributed by atoms with Crippen LogP contribution in [0.5, 0.6) is 11.5 Å². The Kier molecular flexibility index (Phi) is 6.55. The van der Waals surface area contributed by atoms with Gasteiger partial charge in [-0.1, -0.05) is 30.3 Å². The van der Waals surface area contributed by atoms with Crippen LogP contribution in [0.1, 0.15) is 21.5 Å². The Bertz CT molecular complexity index is 1240. The molecule has 1 aliphatic rings. The summed E-state index contributed by atoms with van der Waals surface area (Å²) in [4.78, 5) is 39.1. The Hall–Kier alpha value is -3.91. The zero-order valence-corrected chi connectivity index (χ0v) is 18.3. The summed E-state index contributed by atoms with van der Waals surface area (Å²) in [5.41, 5.74) is 1.45. The number of amides is 2. The molecule has 1 saturated heterocycles. The number of hydrogen-bond acceptors (Lipinski definition) is 6. The van der Waals surface area contributed by atoms with Crippen molar-refractivity contribution < 1.29 is 28.2 Å². The molecule has 3 aromatic carbocycles. The molecule has 1 heterocycles. The zero-order chi connectivity index (χ0) is 23.4. The normalized spacial score (nSPS) is 14.6. The topological polar surface area (TPSA) is 72.9 Å². The van der Waals surface area contributed by atoms with E-state index in [4.69, 9.17) is 9.47 Å². The lowest BCUT2D eigenvalue weighted by molar-refractivity contribution is -0.123. The highest BCUT2D eigenvalue weighted by Gasteiger charge is 2.35. The largest absolute Gasteiger partial charge is 0.497 e. The van der Waals surface area contributed by atoms with Crippen molar-refractivity contribution in [3.8, 4) is 11.5 Å². The number of carbonyl (C=O) groups excluding carboxylic acids is 3. The molecule has 0 spiro atoms. The van der Waals surface area contributed by atoms with Crippen molar-refractivity contribution in [3.05, 3.63) is 100 Å². The van der Waals surface area contributed by atoms with Gasteiger partial charge in [0.1, 0.15) is 17.3 Å². The van der Waals surface area contributed by atoms with Crippen molar-refractivity contribution in [1.82, 2.24) is 4.90 Å². The highest BCUT2D eigenvalue weighted by atomic mass is 32.2. The second kappa shape index (κ2) is 9.70. The first-order valence-corrected chi connectivity index (χ1v) is 10.7. The van der Waals surface area contributed by atoms with Gasteiger partial charge in [0.15, 0.2) is 0 Å². The van der Waals surface area contributed by atoms with Crippen LogP contribution in [-0.4, -0.2) is 29.1 Å². The van der Waals surface area contributed by atoms with Crippen molar-refractivity contribution in [2.45, 2.75) is 6.54 Å². The molecule has 3 aromatic rings. The first-order valence-electron chi connectivity index (χ1n) is 9.89. The molecule has 0 aromatic heterocycles. The molecule has 166 valence electrons. The Labute approximate surface area is 193 Å². The van der Waals surface area contributed by atoms with Crippen molar-refractivity contribution in [2.75, 3.05) is 7.11 Å². The van der Waals surface area contributed by atoms with Gasteiger partial charge in [-0.15, -0.1) is 0 Å². The first kappa shape index (κ1) is 22.3. The van der Waals surface area contributed by atoms with Gasteiger partial charge in [0.25, 0.3) is 11.1 Å². The van der Waals surface area contributed by atoms with Gasteiger partial charge in [-0.2, -0.15) is 0 Å². The number of esters is 1. The van der Waals surface area contributed by atoms with E-state index in [0.717, 1.165) is 16.7 Å². The number of thioether (sulfide) groups is 1. The minimum absolute atomic E-state index is 0.0381. The third kappa shape index (κ3) is 5.12. The van der Waals surface area contributed by atoms with Crippen LogP contribution in [0.25, 0.3) is 6.08 Å². The number of benzene rings is 3. The van der Waals surface area contributed by atoms with Crippen molar-refractivity contribution in [2.24, 2.45) is 0 Å². The molecule has 6 nitrogen and oxygen atoms in total. The summed E-state index contributed by atoms with van der Waals surface area (Å²) < 4.78 is 23.7. The lowest BCUT2D eigenvalue weighted by atomic mass is 10.1. The van der Waals surface area contributed by atoms with Gasteiger partial charge >= 0.3 is 5.97 Å². The van der Waals surface area contributed by atoms with E-state index in [2.05, 4.69) is 0 Å². The van der Waals surface area contributed by atoms with Crippen LogP contribution in [0.3, 0.4) is 0 Å². The Balaban J connectivity index is 1.53. The van der Waals surface area contributed by atoms with Crippen LogP contribution in [-0.2, 0) is 11.3 Å². The number of rotatable bonds is 6. The second-order valence-corrected chi connectivity index (χ2v) is 8.04. The average molecular weight is 463 g/mol. The molecule has 4 rings (SSSR count). The van der Waals surface area contributed by atoms with Gasteiger partial charge in [-0.05, 0) is 65.9 Å². The SMILES string of the molecule is COc1ccc(C(=O)Oc2ccccc2/C=C2\SC(=O)N(Cc3ccc(F)cc3)C2=O)cc1. The fourth-order valence-corrected chi connectivity index (χ4v) is 3.96. The monoisotopic (exact) mass is 463 g/mol.